The van der Waals surface area contributed by atoms with Crippen LogP contribution < -0.4 is 10.2 Å². The summed E-state index contributed by atoms with van der Waals surface area (Å²) in [6, 6.07) is 15.3. The largest absolute Gasteiger partial charge is 0.361 e. The smallest absolute Gasteiger partial charge is 0.270 e. The van der Waals surface area contributed by atoms with Gasteiger partial charge in [0.05, 0.1) is 11.9 Å². The highest BCUT2D eigenvalue weighted by atomic mass is 32.2. The molecule has 0 unspecified atom stereocenters. The van der Waals surface area contributed by atoms with Crippen LogP contribution in [0.3, 0.4) is 0 Å². The standard InChI is InChI=1S/C23H21N5O2S/c1-28-19-10-15-7-8-24-16(15)11-20(19)31-13-18(23(28)30)27-22(29)17-12-25-21(26-17)9-14-5-3-2-4-6-14/h2-8,10-12,18,24H,9,13H2,1H3,(H,25,26)(H,27,29)/t18-/m0/s1. The van der Waals surface area contributed by atoms with Crippen molar-refractivity contribution in [1.29, 1.82) is 0 Å². The molecule has 4 aromatic rings. The summed E-state index contributed by atoms with van der Waals surface area (Å²) in [7, 11) is 1.75. The van der Waals surface area contributed by atoms with Gasteiger partial charge in [-0.3, -0.25) is 9.59 Å². The van der Waals surface area contributed by atoms with Crippen LogP contribution in [0.1, 0.15) is 21.9 Å². The number of amides is 2. The number of likely N-dealkylation sites (N-methyl/N-ethyl adjacent to an activating group) is 1. The molecule has 0 fully saturated rings. The van der Waals surface area contributed by atoms with Gasteiger partial charge in [0.15, 0.2) is 0 Å². The molecule has 3 N–H and O–H groups in total. The lowest BCUT2D eigenvalue weighted by Crippen LogP contribution is -2.48. The number of carbonyl (C=O) groups excluding carboxylic acids is 2. The minimum Gasteiger partial charge on any atom is -0.361 e. The van der Waals surface area contributed by atoms with Gasteiger partial charge < -0.3 is 20.2 Å². The Morgan fingerprint density at radius 2 is 2.10 bits per heavy atom. The van der Waals surface area contributed by atoms with Gasteiger partial charge >= 0.3 is 0 Å². The van der Waals surface area contributed by atoms with Gasteiger partial charge in [-0.25, -0.2) is 4.98 Å². The van der Waals surface area contributed by atoms with E-state index in [0.717, 1.165) is 27.0 Å². The highest BCUT2D eigenvalue weighted by molar-refractivity contribution is 7.99. The van der Waals surface area contributed by atoms with E-state index in [2.05, 4.69) is 20.3 Å². The predicted molar refractivity (Wildman–Crippen MR) is 122 cm³/mol. The number of hydrogen-bond donors (Lipinski definition) is 3. The second-order valence-electron chi connectivity index (χ2n) is 7.53. The van der Waals surface area contributed by atoms with Crippen LogP contribution in [0.4, 0.5) is 5.69 Å². The number of nitrogens with one attached hydrogen (secondary N) is 3. The Morgan fingerprint density at radius 3 is 2.94 bits per heavy atom. The number of rotatable bonds is 4. The van der Waals surface area contributed by atoms with E-state index in [-0.39, 0.29) is 11.8 Å². The fourth-order valence-electron chi connectivity index (χ4n) is 3.74. The Kier molecular flexibility index (Phi) is 4.99. The van der Waals surface area contributed by atoms with Gasteiger partial charge in [-0.15, -0.1) is 11.8 Å². The lowest BCUT2D eigenvalue weighted by molar-refractivity contribution is -0.119. The summed E-state index contributed by atoms with van der Waals surface area (Å²) in [5.41, 5.74) is 3.33. The SMILES string of the molecule is CN1C(=O)[C@@H](NC(=O)c2cnc(Cc3ccccc3)[nH]2)CSc2cc3[nH]ccc3cc21. The number of aromatic amines is 2. The minimum absolute atomic E-state index is 0.140. The van der Waals surface area contributed by atoms with Crippen LogP contribution in [-0.2, 0) is 11.2 Å². The van der Waals surface area contributed by atoms with Crippen LogP contribution >= 0.6 is 11.8 Å². The van der Waals surface area contributed by atoms with Gasteiger partial charge in [0.1, 0.15) is 17.6 Å². The molecule has 1 atom stereocenters. The topological polar surface area (TPSA) is 93.9 Å². The number of carbonyl (C=O) groups is 2. The van der Waals surface area contributed by atoms with E-state index >= 15 is 0 Å². The first kappa shape index (κ1) is 19.4. The zero-order valence-corrected chi connectivity index (χ0v) is 17.7. The molecule has 0 aliphatic carbocycles. The molecule has 1 aliphatic heterocycles. The second-order valence-corrected chi connectivity index (χ2v) is 8.59. The summed E-state index contributed by atoms with van der Waals surface area (Å²) in [5.74, 6) is 0.687. The van der Waals surface area contributed by atoms with E-state index in [0.29, 0.717) is 23.7 Å². The molecule has 0 saturated heterocycles. The van der Waals surface area contributed by atoms with Gasteiger partial charge in [0, 0.05) is 41.2 Å². The molecule has 7 nitrogen and oxygen atoms in total. The van der Waals surface area contributed by atoms with Crippen LogP contribution in [-0.4, -0.2) is 45.6 Å². The monoisotopic (exact) mass is 431 g/mol. The number of fused-ring (bicyclic) bond motifs is 2. The molecule has 156 valence electrons. The molecule has 0 spiro atoms. The number of imidazole rings is 1. The van der Waals surface area contributed by atoms with Gasteiger partial charge in [0.25, 0.3) is 5.91 Å². The van der Waals surface area contributed by atoms with Crippen molar-refractivity contribution >= 4 is 40.2 Å². The third-order valence-corrected chi connectivity index (χ3v) is 6.56. The first-order chi connectivity index (χ1) is 15.1. The Bertz CT molecular complexity index is 1260. The van der Waals surface area contributed by atoms with Gasteiger partial charge in [-0.1, -0.05) is 30.3 Å². The molecular formula is C23H21N5O2S. The van der Waals surface area contributed by atoms with E-state index in [1.54, 1.807) is 23.7 Å². The summed E-state index contributed by atoms with van der Waals surface area (Å²) in [6.07, 6.45) is 4.01. The van der Waals surface area contributed by atoms with Crippen LogP contribution in [0.15, 0.2) is 65.8 Å². The summed E-state index contributed by atoms with van der Waals surface area (Å²) in [5, 5.41) is 3.92. The number of nitrogens with zero attached hydrogens (tertiary/aromatic N) is 2. The quantitative estimate of drug-likeness (QED) is 0.462. The normalized spacial score (nSPS) is 16.2. The zero-order valence-electron chi connectivity index (χ0n) is 16.9. The van der Waals surface area contributed by atoms with Gasteiger partial charge in [-0.05, 0) is 23.8 Å². The number of hydrogen-bond acceptors (Lipinski definition) is 4. The molecule has 5 rings (SSSR count). The average molecular weight is 432 g/mol. The van der Waals surface area contributed by atoms with Crippen LogP contribution in [0.5, 0.6) is 0 Å². The van der Waals surface area contributed by atoms with Crippen molar-refractivity contribution in [2.24, 2.45) is 0 Å². The molecule has 3 heterocycles. The zero-order chi connectivity index (χ0) is 21.4. The molecule has 0 radical (unpaired) electrons. The summed E-state index contributed by atoms with van der Waals surface area (Å²) >= 11 is 1.56. The first-order valence-corrected chi connectivity index (χ1v) is 11.0. The second kappa shape index (κ2) is 7.96. The van der Waals surface area contributed by atoms with E-state index in [9.17, 15) is 9.59 Å². The summed E-state index contributed by atoms with van der Waals surface area (Å²) < 4.78 is 0. The van der Waals surface area contributed by atoms with E-state index in [1.807, 2.05) is 54.7 Å². The molecule has 31 heavy (non-hydrogen) atoms. The number of benzene rings is 2. The molecule has 0 bridgehead atoms. The Labute approximate surface area is 183 Å². The van der Waals surface area contributed by atoms with E-state index in [4.69, 9.17) is 0 Å². The van der Waals surface area contributed by atoms with Crippen molar-refractivity contribution in [1.82, 2.24) is 20.3 Å². The summed E-state index contributed by atoms with van der Waals surface area (Å²) in [6.45, 7) is 0. The maximum Gasteiger partial charge on any atom is 0.270 e. The fourth-order valence-corrected chi connectivity index (χ4v) is 4.86. The lowest BCUT2D eigenvalue weighted by atomic mass is 10.1. The van der Waals surface area contributed by atoms with E-state index in [1.165, 1.54) is 6.20 Å². The molecule has 8 heteroatoms. The molecule has 2 aromatic carbocycles. The first-order valence-electron chi connectivity index (χ1n) is 9.98. The van der Waals surface area contributed by atoms with Crippen LogP contribution in [0.25, 0.3) is 10.9 Å². The van der Waals surface area contributed by atoms with E-state index < -0.39 is 6.04 Å². The number of H-pyrrole nitrogens is 2. The highest BCUT2D eigenvalue weighted by Crippen LogP contribution is 2.36. The molecule has 2 aromatic heterocycles. The van der Waals surface area contributed by atoms with Crippen LogP contribution in [0, 0.1) is 0 Å². The van der Waals surface area contributed by atoms with Crippen molar-refractivity contribution in [3.05, 3.63) is 78.0 Å². The van der Waals surface area contributed by atoms with Crippen LogP contribution in [0.2, 0.25) is 0 Å². The van der Waals surface area contributed by atoms with Gasteiger partial charge in [0.2, 0.25) is 5.91 Å². The van der Waals surface area contributed by atoms with Gasteiger partial charge in [-0.2, -0.15) is 0 Å². The van der Waals surface area contributed by atoms with Crippen molar-refractivity contribution < 1.29 is 9.59 Å². The Hall–Kier alpha value is -3.52. The minimum atomic E-state index is -0.630. The lowest BCUT2D eigenvalue weighted by Gasteiger charge is -2.21. The molecule has 0 saturated carbocycles. The number of thioether (sulfide) groups is 1. The Morgan fingerprint density at radius 1 is 1.26 bits per heavy atom. The average Bonchev–Trinajstić information content (AvgIpc) is 3.42. The van der Waals surface area contributed by atoms with Crippen molar-refractivity contribution in [3.8, 4) is 0 Å². The van der Waals surface area contributed by atoms with Crippen molar-refractivity contribution in [3.63, 3.8) is 0 Å². The fraction of sp³-hybridized carbons (Fsp3) is 0.174. The number of anilines is 1. The molecule has 1 aliphatic rings. The number of aromatic nitrogens is 3. The maximum absolute atomic E-state index is 13.1. The molecule has 2 amide bonds. The third-order valence-electron chi connectivity index (χ3n) is 5.42. The Balaban J connectivity index is 1.31. The summed E-state index contributed by atoms with van der Waals surface area (Å²) in [4.78, 5) is 39.1. The third kappa shape index (κ3) is 3.82. The highest BCUT2D eigenvalue weighted by Gasteiger charge is 2.30. The maximum atomic E-state index is 13.1. The molecular weight excluding hydrogens is 410 g/mol. The van der Waals surface area contributed by atoms with Crippen molar-refractivity contribution in [2.45, 2.75) is 17.4 Å². The van der Waals surface area contributed by atoms with Crippen molar-refractivity contribution in [2.75, 3.05) is 17.7 Å². The predicted octanol–water partition coefficient (Wildman–Crippen LogP) is 3.35.